The molecular formula is C27H30N4O3. The summed E-state index contributed by atoms with van der Waals surface area (Å²) in [6, 6.07) is 13.0. The van der Waals surface area contributed by atoms with Gasteiger partial charge in [-0.2, -0.15) is 0 Å². The summed E-state index contributed by atoms with van der Waals surface area (Å²) in [5, 5.41) is 0.661. The number of hydrogen-bond acceptors (Lipinski definition) is 4. The standard InChI is InChI=1S/C27H30N4O3/c32-25-7-3-6-24-21-12-19(15-31(24)25)14-29(16-21)26(33)20-10-8-18(9-11-20)13-30-17-28-23-5-2-1-4-22(23)27(30)34/h1-7,17-21H,8-16H2/t18?,19-,20?,21+/m0/s1. The van der Waals surface area contributed by atoms with Crippen molar-refractivity contribution in [3.05, 3.63) is 75.2 Å². The van der Waals surface area contributed by atoms with E-state index in [1.807, 2.05) is 41.0 Å². The first-order valence-corrected chi connectivity index (χ1v) is 12.5. The summed E-state index contributed by atoms with van der Waals surface area (Å²) in [5.74, 6) is 1.36. The van der Waals surface area contributed by atoms with Gasteiger partial charge in [0, 0.05) is 49.8 Å². The lowest BCUT2D eigenvalue weighted by molar-refractivity contribution is -0.139. The largest absolute Gasteiger partial charge is 0.341 e. The van der Waals surface area contributed by atoms with Crippen LogP contribution in [0.4, 0.5) is 0 Å². The summed E-state index contributed by atoms with van der Waals surface area (Å²) in [5.41, 5.74) is 1.91. The lowest BCUT2D eigenvalue weighted by Gasteiger charge is -2.44. The molecule has 1 saturated carbocycles. The molecule has 0 radical (unpaired) electrons. The highest BCUT2D eigenvalue weighted by Gasteiger charge is 2.38. The molecule has 2 aliphatic heterocycles. The molecule has 0 spiro atoms. The fourth-order valence-corrected chi connectivity index (χ4v) is 6.44. The van der Waals surface area contributed by atoms with Crippen LogP contribution in [0.1, 0.15) is 43.7 Å². The fraction of sp³-hybridized carbons (Fsp3) is 0.481. The van der Waals surface area contributed by atoms with Crippen LogP contribution in [-0.2, 0) is 17.9 Å². The van der Waals surface area contributed by atoms with Gasteiger partial charge in [-0.3, -0.25) is 19.0 Å². The van der Waals surface area contributed by atoms with E-state index in [1.165, 1.54) is 0 Å². The van der Waals surface area contributed by atoms with Crippen LogP contribution in [0.3, 0.4) is 0 Å². The van der Waals surface area contributed by atoms with Gasteiger partial charge in [0.25, 0.3) is 11.1 Å². The predicted molar refractivity (Wildman–Crippen MR) is 130 cm³/mol. The second kappa shape index (κ2) is 8.53. The molecule has 0 N–H and O–H groups in total. The number of hydrogen-bond donors (Lipinski definition) is 0. The van der Waals surface area contributed by atoms with Crippen molar-refractivity contribution in [3.8, 4) is 0 Å². The average molecular weight is 459 g/mol. The van der Waals surface area contributed by atoms with E-state index in [1.54, 1.807) is 17.0 Å². The van der Waals surface area contributed by atoms with Gasteiger partial charge < -0.3 is 9.47 Å². The van der Waals surface area contributed by atoms with Crippen molar-refractivity contribution in [1.29, 1.82) is 0 Å². The monoisotopic (exact) mass is 458 g/mol. The maximum absolute atomic E-state index is 13.4. The van der Waals surface area contributed by atoms with Crippen LogP contribution >= 0.6 is 0 Å². The molecule has 2 aromatic heterocycles. The summed E-state index contributed by atoms with van der Waals surface area (Å²) >= 11 is 0. The number of carbonyl (C=O) groups is 1. The van der Waals surface area contributed by atoms with Crippen molar-refractivity contribution in [1.82, 2.24) is 19.0 Å². The molecule has 3 aliphatic rings. The third kappa shape index (κ3) is 3.77. The number of benzene rings is 1. The Morgan fingerprint density at radius 1 is 0.941 bits per heavy atom. The van der Waals surface area contributed by atoms with Gasteiger partial charge in [-0.25, -0.2) is 4.98 Å². The maximum Gasteiger partial charge on any atom is 0.261 e. The zero-order valence-corrected chi connectivity index (χ0v) is 19.3. The smallest absolute Gasteiger partial charge is 0.261 e. The first kappa shape index (κ1) is 21.3. The molecule has 7 nitrogen and oxygen atoms in total. The van der Waals surface area contributed by atoms with Crippen molar-refractivity contribution in [2.75, 3.05) is 13.1 Å². The highest BCUT2D eigenvalue weighted by molar-refractivity contribution is 5.79. The quantitative estimate of drug-likeness (QED) is 0.605. The number of aromatic nitrogens is 3. The Labute approximate surface area is 198 Å². The van der Waals surface area contributed by atoms with E-state index in [-0.39, 0.29) is 28.9 Å². The number of fused-ring (bicyclic) bond motifs is 5. The first-order chi connectivity index (χ1) is 16.6. The minimum Gasteiger partial charge on any atom is -0.341 e. The minimum atomic E-state index is 0.0167. The molecule has 1 aromatic carbocycles. The van der Waals surface area contributed by atoms with Gasteiger partial charge in [-0.05, 0) is 62.1 Å². The van der Waals surface area contributed by atoms with E-state index in [9.17, 15) is 14.4 Å². The fourth-order valence-electron chi connectivity index (χ4n) is 6.44. The molecule has 2 atom stereocenters. The SMILES string of the molecule is O=C(C1CCC(Cn2cnc3ccccc3c2=O)CC1)N1C[C@@H]2C[C@H](C1)c1cccc(=O)n1C2. The molecule has 176 valence electrons. The molecule has 7 heteroatoms. The Kier molecular flexibility index (Phi) is 5.35. The Balaban J connectivity index is 1.09. The molecule has 3 aromatic rings. The number of amides is 1. The van der Waals surface area contributed by atoms with Gasteiger partial charge in [-0.1, -0.05) is 18.2 Å². The predicted octanol–water partition coefficient (Wildman–Crippen LogP) is 3.01. The van der Waals surface area contributed by atoms with Gasteiger partial charge >= 0.3 is 0 Å². The third-order valence-electron chi connectivity index (χ3n) is 8.17. The zero-order chi connectivity index (χ0) is 23.2. The van der Waals surface area contributed by atoms with Gasteiger partial charge in [0.2, 0.25) is 5.91 Å². The van der Waals surface area contributed by atoms with Crippen molar-refractivity contribution in [2.24, 2.45) is 17.8 Å². The summed E-state index contributed by atoms with van der Waals surface area (Å²) < 4.78 is 3.65. The molecule has 34 heavy (non-hydrogen) atoms. The summed E-state index contributed by atoms with van der Waals surface area (Å²) in [6.45, 7) is 2.86. The number of piperidine rings is 1. The lowest BCUT2D eigenvalue weighted by atomic mass is 9.79. The zero-order valence-electron chi connectivity index (χ0n) is 19.3. The Hall–Kier alpha value is -3.22. The normalized spacial score (nSPS) is 26.3. The summed E-state index contributed by atoms with van der Waals surface area (Å²) in [4.78, 5) is 45.0. The third-order valence-corrected chi connectivity index (χ3v) is 8.17. The number of nitrogens with zero attached hydrogens (tertiary/aromatic N) is 4. The van der Waals surface area contributed by atoms with Crippen molar-refractivity contribution in [2.45, 2.75) is 51.1 Å². The van der Waals surface area contributed by atoms with Crippen LogP contribution in [-0.4, -0.2) is 38.0 Å². The van der Waals surface area contributed by atoms with E-state index < -0.39 is 0 Å². The molecule has 1 amide bonds. The van der Waals surface area contributed by atoms with Crippen LogP contribution < -0.4 is 11.1 Å². The number of rotatable bonds is 3. The highest BCUT2D eigenvalue weighted by Crippen LogP contribution is 2.37. The number of pyridine rings is 1. The van der Waals surface area contributed by atoms with Crippen LogP contribution in [0.25, 0.3) is 10.9 Å². The summed E-state index contributed by atoms with van der Waals surface area (Å²) in [7, 11) is 0. The second-order valence-electron chi connectivity index (χ2n) is 10.4. The molecule has 2 fully saturated rings. The summed E-state index contributed by atoms with van der Waals surface area (Å²) in [6.07, 6.45) is 6.39. The Bertz CT molecular complexity index is 1350. The van der Waals surface area contributed by atoms with Crippen molar-refractivity contribution < 1.29 is 4.79 Å². The van der Waals surface area contributed by atoms with Crippen molar-refractivity contribution in [3.63, 3.8) is 0 Å². The van der Waals surface area contributed by atoms with Crippen LogP contribution in [0, 0.1) is 17.8 Å². The number of carbonyl (C=O) groups excluding carboxylic acids is 1. The van der Waals surface area contributed by atoms with Gasteiger partial charge in [0.05, 0.1) is 17.2 Å². The topological polar surface area (TPSA) is 77.2 Å². The first-order valence-electron chi connectivity index (χ1n) is 12.5. The molecular weight excluding hydrogens is 428 g/mol. The van der Waals surface area contributed by atoms with E-state index in [0.29, 0.717) is 23.8 Å². The molecule has 0 unspecified atom stereocenters. The number of para-hydroxylation sites is 1. The highest BCUT2D eigenvalue weighted by atomic mass is 16.2. The van der Waals surface area contributed by atoms with Gasteiger partial charge in [-0.15, -0.1) is 0 Å². The number of likely N-dealkylation sites (tertiary alicyclic amines) is 1. The Morgan fingerprint density at radius 3 is 2.62 bits per heavy atom. The molecule has 6 rings (SSSR count). The molecule has 1 saturated heterocycles. The van der Waals surface area contributed by atoms with Crippen LogP contribution in [0.5, 0.6) is 0 Å². The lowest BCUT2D eigenvalue weighted by Crippen LogP contribution is -2.50. The van der Waals surface area contributed by atoms with Crippen molar-refractivity contribution >= 4 is 16.8 Å². The van der Waals surface area contributed by atoms with E-state index in [0.717, 1.165) is 62.9 Å². The molecule has 2 bridgehead atoms. The van der Waals surface area contributed by atoms with Crippen LogP contribution in [0.2, 0.25) is 0 Å². The molecule has 1 aliphatic carbocycles. The second-order valence-corrected chi connectivity index (χ2v) is 10.4. The van der Waals surface area contributed by atoms with E-state index in [2.05, 4.69) is 9.88 Å². The maximum atomic E-state index is 13.4. The van der Waals surface area contributed by atoms with Crippen LogP contribution in [0.15, 0.2) is 58.4 Å². The van der Waals surface area contributed by atoms with Gasteiger partial charge in [0.15, 0.2) is 0 Å². The van der Waals surface area contributed by atoms with E-state index >= 15 is 0 Å². The molecule has 4 heterocycles. The van der Waals surface area contributed by atoms with Gasteiger partial charge in [0.1, 0.15) is 0 Å². The van der Waals surface area contributed by atoms with E-state index in [4.69, 9.17) is 0 Å². The average Bonchev–Trinajstić information content (AvgIpc) is 2.86. The Morgan fingerprint density at radius 2 is 1.76 bits per heavy atom. The minimum absolute atomic E-state index is 0.0167.